The van der Waals surface area contributed by atoms with Crippen LogP contribution in [0.2, 0.25) is 0 Å². The number of rotatable bonds is 7. The zero-order valence-corrected chi connectivity index (χ0v) is 45.6. The zero-order chi connectivity index (χ0) is 54.2. The van der Waals surface area contributed by atoms with Crippen LogP contribution in [0.15, 0.2) is 69.3 Å². The van der Waals surface area contributed by atoms with Crippen LogP contribution >= 0.6 is 35.3 Å². The molecular weight excluding hydrogens is 1060 g/mol. The lowest BCUT2D eigenvalue weighted by molar-refractivity contribution is -0.662. The largest absolute Gasteiger partial charge is 1.00 e. The molecule has 3 aromatic carbocycles. The fraction of sp³-hybridized carbons (Fsp3) is 0.571. The van der Waals surface area contributed by atoms with Gasteiger partial charge in [0.05, 0.1) is 29.8 Å². The summed E-state index contributed by atoms with van der Waals surface area (Å²) in [5.74, 6) is 0.227. The molecule has 0 unspecified atom stereocenters. The molecule has 3 fully saturated rings. The van der Waals surface area contributed by atoms with Gasteiger partial charge in [-0.2, -0.15) is 39.5 Å². The normalized spacial score (nSPS) is 16.0. The third-order valence-corrected chi connectivity index (χ3v) is 13.2. The molecule has 0 bridgehead atoms. The van der Waals surface area contributed by atoms with E-state index >= 15 is 0 Å². The first-order valence-corrected chi connectivity index (χ1v) is 26.8. The van der Waals surface area contributed by atoms with Gasteiger partial charge in [0.15, 0.2) is 0 Å². The van der Waals surface area contributed by atoms with Crippen molar-refractivity contribution in [1.29, 1.82) is 0 Å². The second-order valence-corrected chi connectivity index (χ2v) is 21.5. The molecule has 2 amide bonds. The summed E-state index contributed by atoms with van der Waals surface area (Å²) in [5.41, 5.74) is 3.57. The van der Waals surface area contributed by atoms with Crippen molar-refractivity contribution in [3.63, 3.8) is 0 Å². The fourth-order valence-corrected chi connectivity index (χ4v) is 9.12. The number of halogens is 10. The summed E-state index contributed by atoms with van der Waals surface area (Å²) in [5, 5.41) is 8.61. The van der Waals surface area contributed by atoms with E-state index in [1.165, 1.54) is 24.3 Å². The van der Waals surface area contributed by atoms with E-state index in [2.05, 4.69) is 16.0 Å². The number of carbonyl (C=O) groups is 3. The number of nitrogens with zero attached hydrogens (tertiary/aromatic N) is 2. The Balaban J connectivity index is 0.000000345. The molecule has 0 saturated carbocycles. The maximum Gasteiger partial charge on any atom is 0.417 e. The van der Waals surface area contributed by atoms with E-state index in [9.17, 15) is 53.9 Å². The van der Waals surface area contributed by atoms with Gasteiger partial charge in [-0.15, -0.1) is 35.3 Å². The van der Waals surface area contributed by atoms with E-state index in [4.69, 9.17) is 15.2 Å². The molecule has 0 radical (unpaired) electrons. The zero-order valence-electron chi connectivity index (χ0n) is 42.4. The Morgan fingerprint density at radius 1 is 0.575 bits per heavy atom. The molecule has 0 atom stereocenters. The number of ketones is 1. The van der Waals surface area contributed by atoms with Crippen LogP contribution in [0.25, 0.3) is 0 Å². The number of quaternary nitrogens is 1. The summed E-state index contributed by atoms with van der Waals surface area (Å²) >= 11 is 3.26. The van der Waals surface area contributed by atoms with E-state index < -0.39 is 46.4 Å². The number of Topliss-reactive ketones (excluding diaryl/α,β-unsaturated/α-hetero) is 1. The van der Waals surface area contributed by atoms with Crippen LogP contribution in [0.3, 0.4) is 0 Å². The predicted molar refractivity (Wildman–Crippen MR) is 269 cm³/mol. The Bertz CT molecular complexity index is 2220. The van der Waals surface area contributed by atoms with Crippen LogP contribution in [0.4, 0.5) is 66.2 Å². The summed E-state index contributed by atoms with van der Waals surface area (Å²) < 4.78 is 126. The second kappa shape index (κ2) is 28.7. The van der Waals surface area contributed by atoms with E-state index in [1.54, 1.807) is 46.8 Å². The summed E-state index contributed by atoms with van der Waals surface area (Å²) in [6, 6.07) is 12.9. The Labute approximate surface area is 441 Å². The molecular formula is C49H68ClF9N6O5S3. The van der Waals surface area contributed by atoms with Gasteiger partial charge in [0.2, 0.25) is 0 Å². The number of thioether (sulfide) groups is 3. The van der Waals surface area contributed by atoms with Crippen molar-refractivity contribution < 1.29 is 81.1 Å². The van der Waals surface area contributed by atoms with E-state index in [0.717, 1.165) is 73.3 Å². The van der Waals surface area contributed by atoms with Gasteiger partial charge in [0.25, 0.3) is 0 Å². The summed E-state index contributed by atoms with van der Waals surface area (Å²) in [6.07, 6.45) is -4.56. The standard InChI is InChI=1S/C18H25F3N2O2S.C13H17F3N2S.C10H17NO3.C8H8F3NS.ClH/c1-17(2,3)25-16(24)23-9-7-12(8-10-23)22-13-5-6-15(26-4)14(11-13)18(19,20)21;1-19-12-3-2-10(8-11(12)13(14,15)16)18-9-4-6-17-7-5-9;1-10(2,3)14-9(13)11-6-4-8(12)5-7-11;1-13-7-3-2-5(12)4-6(7)8(9,10)11;/h5-6,11-12,22H,7-10H2,1-4H3;2-3,8-9,17-18H,4-7H2,1H3;4-7H2,1-3H3;2-4H,12H2,1H3;1H. The van der Waals surface area contributed by atoms with Crippen LogP contribution in [0.5, 0.6) is 0 Å². The third-order valence-electron chi connectivity index (χ3n) is 10.8. The highest BCUT2D eigenvalue weighted by Crippen LogP contribution is 2.40. The average molecular weight is 1120 g/mol. The van der Waals surface area contributed by atoms with Crippen molar-refractivity contribution >= 4 is 70.3 Å². The van der Waals surface area contributed by atoms with Gasteiger partial charge in [-0.05, 0) is 128 Å². The fourth-order valence-electron chi connectivity index (χ4n) is 7.33. The highest BCUT2D eigenvalue weighted by atomic mass is 35.5. The van der Waals surface area contributed by atoms with Crippen LogP contribution in [0.1, 0.15) is 96.8 Å². The smallest absolute Gasteiger partial charge is 0.417 e. The third kappa shape index (κ3) is 23.2. The first-order chi connectivity index (χ1) is 33.3. The van der Waals surface area contributed by atoms with E-state index in [-0.39, 0.29) is 62.8 Å². The minimum atomic E-state index is -4.38. The van der Waals surface area contributed by atoms with E-state index in [1.807, 2.05) is 41.5 Å². The lowest BCUT2D eigenvalue weighted by Crippen LogP contribution is -3.00. The number of nitrogens with one attached hydrogen (secondary N) is 2. The highest BCUT2D eigenvalue weighted by Gasteiger charge is 2.36. The van der Waals surface area contributed by atoms with Crippen LogP contribution in [-0.2, 0) is 32.8 Å². The molecule has 3 aromatic rings. The number of nitrogens with two attached hydrogens (primary N) is 2. The summed E-state index contributed by atoms with van der Waals surface area (Å²) in [4.78, 5) is 38.4. The number of benzene rings is 3. The molecule has 73 heavy (non-hydrogen) atoms. The van der Waals surface area contributed by atoms with Crippen molar-refractivity contribution in [3.05, 3.63) is 71.3 Å². The highest BCUT2D eigenvalue weighted by molar-refractivity contribution is 7.99. The number of hydrogen-bond acceptors (Lipinski definition) is 11. The van der Waals surface area contributed by atoms with Crippen molar-refractivity contribution in [1.82, 2.24) is 9.80 Å². The summed E-state index contributed by atoms with van der Waals surface area (Å²) in [6.45, 7) is 15.0. The number of carbonyl (C=O) groups excluding carboxylic acids is 3. The number of amides is 2. The van der Waals surface area contributed by atoms with Gasteiger partial charge in [0, 0.05) is 95.7 Å². The molecule has 0 spiro atoms. The Kier molecular flexibility index (Phi) is 25.6. The van der Waals surface area contributed by atoms with Crippen molar-refractivity contribution in [2.24, 2.45) is 0 Å². The van der Waals surface area contributed by atoms with Crippen molar-refractivity contribution in [2.75, 3.05) is 74.4 Å². The van der Waals surface area contributed by atoms with Gasteiger partial charge in [-0.25, -0.2) is 9.59 Å². The van der Waals surface area contributed by atoms with Gasteiger partial charge in [-0.3, -0.25) is 4.79 Å². The quantitative estimate of drug-likeness (QED) is 0.102. The molecule has 6 rings (SSSR count). The first-order valence-electron chi connectivity index (χ1n) is 23.2. The van der Waals surface area contributed by atoms with Crippen molar-refractivity contribution in [2.45, 2.75) is 137 Å². The van der Waals surface area contributed by atoms with Crippen LogP contribution in [0, 0.1) is 0 Å². The molecule has 412 valence electrons. The van der Waals surface area contributed by atoms with Gasteiger partial charge in [-0.1, -0.05) is 0 Å². The maximum absolute atomic E-state index is 13.2. The average Bonchev–Trinajstić information content (AvgIpc) is 3.28. The molecule has 3 saturated heterocycles. The second-order valence-electron chi connectivity index (χ2n) is 19.0. The molecule has 3 aliphatic rings. The Morgan fingerprint density at radius 2 is 0.918 bits per heavy atom. The number of nitrogen functional groups attached to an aromatic ring is 1. The molecule has 6 N–H and O–H groups in total. The van der Waals surface area contributed by atoms with E-state index in [0.29, 0.717) is 63.2 Å². The number of hydrogen-bond donors (Lipinski definition) is 4. The summed E-state index contributed by atoms with van der Waals surface area (Å²) in [7, 11) is 0. The molecule has 0 aromatic heterocycles. The molecule has 3 aliphatic heterocycles. The molecule has 3 heterocycles. The number of anilines is 3. The van der Waals surface area contributed by atoms with Gasteiger partial charge < -0.3 is 53.4 Å². The molecule has 11 nitrogen and oxygen atoms in total. The SMILES string of the molecule is CC(C)(C)OC(=O)N1CCC(=O)CC1.CSc1ccc(N)cc1C(F)(F)F.CSc1ccc(NC2CCN(C(=O)OC(C)(C)C)CC2)cc1C(F)(F)F.CSc1ccc(NC2CC[NH2+]CC2)cc1C(F)(F)F.[Cl-]. The number of alkyl halides is 9. The minimum Gasteiger partial charge on any atom is -1.00 e. The van der Waals surface area contributed by atoms with Gasteiger partial charge in [0.1, 0.15) is 17.0 Å². The first kappa shape index (κ1) is 65.1. The number of ether oxygens (including phenoxy) is 2. The number of piperidine rings is 3. The maximum atomic E-state index is 13.2. The van der Waals surface area contributed by atoms with Crippen LogP contribution in [-0.4, -0.2) is 109 Å². The predicted octanol–water partition coefficient (Wildman–Crippen LogP) is 9.40. The molecule has 24 heteroatoms. The van der Waals surface area contributed by atoms with Gasteiger partial charge >= 0.3 is 30.7 Å². The van der Waals surface area contributed by atoms with Crippen molar-refractivity contribution in [3.8, 4) is 0 Å². The topological polar surface area (TPSA) is 143 Å². The molecule has 0 aliphatic carbocycles. The number of likely N-dealkylation sites (tertiary alicyclic amines) is 2. The Hall–Kier alpha value is -4.06. The lowest BCUT2D eigenvalue weighted by atomic mass is 10.0. The Morgan fingerprint density at radius 3 is 1.27 bits per heavy atom. The van der Waals surface area contributed by atoms with Crippen LogP contribution < -0.4 is 34.1 Å². The lowest BCUT2D eigenvalue weighted by Gasteiger charge is -2.34. The monoisotopic (exact) mass is 1120 g/mol. The minimum absolute atomic E-state index is 0.